The van der Waals surface area contributed by atoms with Crippen molar-refractivity contribution in [1.82, 2.24) is 0 Å². The third kappa shape index (κ3) is 1.13. The lowest BCUT2D eigenvalue weighted by molar-refractivity contribution is -0.140. The molecule has 0 radical (unpaired) electrons. The van der Waals surface area contributed by atoms with Crippen molar-refractivity contribution in [3.05, 3.63) is 11.3 Å². The highest BCUT2D eigenvalue weighted by atomic mass is 16.6. The molecule has 1 heterocycles. The summed E-state index contributed by atoms with van der Waals surface area (Å²) in [7, 11) is 1.22. The van der Waals surface area contributed by atoms with Crippen molar-refractivity contribution in [3.8, 4) is 0 Å². The molecular weight excluding hydrogens is 162 g/mol. The summed E-state index contributed by atoms with van der Waals surface area (Å²) in [5.74, 6) is -1.28. The quantitative estimate of drug-likeness (QED) is 0.528. The summed E-state index contributed by atoms with van der Waals surface area (Å²) in [4.78, 5) is 21.8. The van der Waals surface area contributed by atoms with Crippen LogP contribution < -0.4 is 5.73 Å². The third-order valence-corrected chi connectivity index (χ3v) is 1.61. The first kappa shape index (κ1) is 8.58. The Hall–Kier alpha value is -1.52. The van der Waals surface area contributed by atoms with Gasteiger partial charge in [-0.25, -0.2) is 9.59 Å². The first-order valence-electron chi connectivity index (χ1n) is 3.37. The van der Waals surface area contributed by atoms with E-state index in [0.717, 1.165) is 0 Å². The fraction of sp³-hybridized carbons (Fsp3) is 0.429. The minimum absolute atomic E-state index is 0.0995. The fourth-order valence-corrected chi connectivity index (χ4v) is 0.998. The number of carbonyl (C=O) groups is 2. The molecule has 1 aliphatic rings. The van der Waals surface area contributed by atoms with Gasteiger partial charge in [0.2, 0.25) is 0 Å². The maximum Gasteiger partial charge on any atom is 0.355 e. The molecule has 5 heteroatoms. The lowest BCUT2D eigenvalue weighted by atomic mass is 10.1. The van der Waals surface area contributed by atoms with Crippen LogP contribution in [0.1, 0.15) is 6.92 Å². The summed E-state index contributed by atoms with van der Waals surface area (Å²) in [6.07, 6.45) is -0.607. The van der Waals surface area contributed by atoms with Crippen molar-refractivity contribution in [3.63, 3.8) is 0 Å². The van der Waals surface area contributed by atoms with Crippen LogP contribution in [-0.4, -0.2) is 25.2 Å². The molecule has 0 saturated heterocycles. The molecule has 1 aliphatic heterocycles. The minimum Gasteiger partial charge on any atom is -0.465 e. The Balaban J connectivity index is 3.00. The average molecular weight is 171 g/mol. The number of nitrogens with two attached hydrogens (primary N) is 1. The van der Waals surface area contributed by atoms with Gasteiger partial charge in [0.15, 0.2) is 0 Å². The Labute approximate surface area is 69.1 Å². The van der Waals surface area contributed by atoms with Gasteiger partial charge in [-0.3, -0.25) is 0 Å². The van der Waals surface area contributed by atoms with Crippen LogP contribution in [-0.2, 0) is 19.1 Å². The van der Waals surface area contributed by atoms with Crippen LogP contribution >= 0.6 is 0 Å². The van der Waals surface area contributed by atoms with Gasteiger partial charge in [-0.15, -0.1) is 0 Å². The molecule has 1 atom stereocenters. The lowest BCUT2D eigenvalue weighted by Gasteiger charge is -2.04. The summed E-state index contributed by atoms with van der Waals surface area (Å²) in [6.45, 7) is 1.56. The average Bonchev–Trinajstić information content (AvgIpc) is 2.26. The van der Waals surface area contributed by atoms with Crippen LogP contribution in [0.15, 0.2) is 11.3 Å². The van der Waals surface area contributed by atoms with Gasteiger partial charge in [0, 0.05) is 0 Å². The second-order valence-corrected chi connectivity index (χ2v) is 2.37. The number of methoxy groups -OCH3 is 1. The van der Waals surface area contributed by atoms with Gasteiger partial charge >= 0.3 is 11.9 Å². The molecule has 0 saturated carbocycles. The molecule has 0 aliphatic carbocycles. The van der Waals surface area contributed by atoms with E-state index in [1.807, 2.05) is 0 Å². The number of hydrogen-bond acceptors (Lipinski definition) is 5. The molecule has 5 nitrogen and oxygen atoms in total. The molecular formula is C7H9NO4. The van der Waals surface area contributed by atoms with Gasteiger partial charge < -0.3 is 15.2 Å². The van der Waals surface area contributed by atoms with E-state index < -0.39 is 18.0 Å². The predicted molar refractivity (Wildman–Crippen MR) is 38.8 cm³/mol. The second-order valence-electron chi connectivity index (χ2n) is 2.37. The monoisotopic (exact) mass is 171 g/mol. The van der Waals surface area contributed by atoms with Crippen LogP contribution in [0.5, 0.6) is 0 Å². The zero-order chi connectivity index (χ0) is 9.30. The summed E-state index contributed by atoms with van der Waals surface area (Å²) in [5, 5.41) is 0. The van der Waals surface area contributed by atoms with E-state index in [9.17, 15) is 9.59 Å². The number of esters is 2. The topological polar surface area (TPSA) is 78.6 Å². The second kappa shape index (κ2) is 2.84. The van der Waals surface area contributed by atoms with Crippen LogP contribution in [0.25, 0.3) is 0 Å². The molecule has 2 N–H and O–H groups in total. The van der Waals surface area contributed by atoms with E-state index in [-0.39, 0.29) is 11.3 Å². The smallest absolute Gasteiger partial charge is 0.355 e. The van der Waals surface area contributed by atoms with Crippen molar-refractivity contribution >= 4 is 11.9 Å². The zero-order valence-corrected chi connectivity index (χ0v) is 6.79. The molecule has 12 heavy (non-hydrogen) atoms. The first-order valence-corrected chi connectivity index (χ1v) is 3.37. The largest absolute Gasteiger partial charge is 0.465 e. The predicted octanol–water partition coefficient (Wildman–Crippen LogP) is -0.683. The van der Waals surface area contributed by atoms with Crippen LogP contribution in [0.2, 0.25) is 0 Å². The van der Waals surface area contributed by atoms with Crippen molar-refractivity contribution in [2.75, 3.05) is 7.11 Å². The van der Waals surface area contributed by atoms with Crippen molar-refractivity contribution in [1.29, 1.82) is 0 Å². The van der Waals surface area contributed by atoms with Crippen LogP contribution in [0.4, 0.5) is 0 Å². The van der Waals surface area contributed by atoms with Gasteiger partial charge in [0.05, 0.1) is 7.11 Å². The Bertz CT molecular complexity index is 269. The van der Waals surface area contributed by atoms with E-state index in [2.05, 4.69) is 9.47 Å². The van der Waals surface area contributed by atoms with E-state index in [0.29, 0.717) is 0 Å². The molecule has 66 valence electrons. The molecule has 0 aromatic carbocycles. The van der Waals surface area contributed by atoms with E-state index >= 15 is 0 Å². The zero-order valence-electron chi connectivity index (χ0n) is 6.79. The molecule has 0 bridgehead atoms. The SMILES string of the molecule is COC(=O)C1=C(N)C(=O)O[C@@H]1C. The number of rotatable bonds is 1. The summed E-state index contributed by atoms with van der Waals surface area (Å²) >= 11 is 0. The van der Waals surface area contributed by atoms with E-state index in [1.165, 1.54) is 7.11 Å². The van der Waals surface area contributed by atoms with Crippen molar-refractivity contribution in [2.45, 2.75) is 13.0 Å². The van der Waals surface area contributed by atoms with Gasteiger partial charge in [0.25, 0.3) is 0 Å². The third-order valence-electron chi connectivity index (χ3n) is 1.61. The highest BCUT2D eigenvalue weighted by molar-refractivity contribution is 6.03. The lowest BCUT2D eigenvalue weighted by Crippen LogP contribution is -2.16. The Morgan fingerprint density at radius 2 is 2.25 bits per heavy atom. The summed E-state index contributed by atoms with van der Waals surface area (Å²) in [5.41, 5.74) is 5.24. The number of carbonyl (C=O) groups excluding carboxylic acids is 2. The normalized spacial score (nSPS) is 22.5. The first-order chi connectivity index (χ1) is 5.57. The maximum absolute atomic E-state index is 11.0. The molecule has 0 spiro atoms. The Kier molecular flexibility index (Phi) is 2.03. The Morgan fingerprint density at radius 1 is 1.67 bits per heavy atom. The molecule has 0 fully saturated rings. The molecule has 0 unspecified atom stereocenters. The number of cyclic esters (lactones) is 1. The van der Waals surface area contributed by atoms with Crippen molar-refractivity contribution < 1.29 is 19.1 Å². The van der Waals surface area contributed by atoms with Gasteiger partial charge in [0.1, 0.15) is 17.4 Å². The number of ether oxygens (including phenoxy) is 2. The molecule has 0 aromatic rings. The highest BCUT2D eigenvalue weighted by Crippen LogP contribution is 2.19. The molecule has 1 rings (SSSR count). The van der Waals surface area contributed by atoms with Crippen molar-refractivity contribution in [2.24, 2.45) is 5.73 Å². The van der Waals surface area contributed by atoms with E-state index in [4.69, 9.17) is 5.73 Å². The summed E-state index contributed by atoms with van der Waals surface area (Å²) in [6, 6.07) is 0. The van der Waals surface area contributed by atoms with E-state index in [1.54, 1.807) is 6.92 Å². The summed E-state index contributed by atoms with van der Waals surface area (Å²) < 4.78 is 9.08. The van der Waals surface area contributed by atoms with Gasteiger partial charge in [-0.1, -0.05) is 0 Å². The Morgan fingerprint density at radius 3 is 2.58 bits per heavy atom. The number of hydrogen-bond donors (Lipinski definition) is 1. The maximum atomic E-state index is 11.0. The van der Waals surface area contributed by atoms with Crippen LogP contribution in [0, 0.1) is 0 Å². The fourth-order valence-electron chi connectivity index (χ4n) is 0.998. The highest BCUT2D eigenvalue weighted by Gasteiger charge is 2.34. The van der Waals surface area contributed by atoms with Gasteiger partial charge in [-0.05, 0) is 6.92 Å². The van der Waals surface area contributed by atoms with Gasteiger partial charge in [-0.2, -0.15) is 0 Å². The molecule has 0 aromatic heterocycles. The minimum atomic E-state index is -0.664. The molecule has 0 amide bonds. The van der Waals surface area contributed by atoms with Crippen LogP contribution in [0.3, 0.4) is 0 Å². The standard InChI is InChI=1S/C7H9NO4/c1-3-4(6(9)11-2)5(8)7(10)12-3/h3H,8H2,1-2H3/t3-/m1/s1.